The molecule has 11 nitrogen and oxygen atoms in total. The van der Waals surface area contributed by atoms with Gasteiger partial charge in [0.15, 0.2) is 16.5 Å². The summed E-state index contributed by atoms with van der Waals surface area (Å²) in [5.74, 6) is -4.45. The Kier molecular flexibility index (Phi) is 7.84. The molecular weight excluding hydrogens is 618 g/mol. The predicted molar refractivity (Wildman–Crippen MR) is 157 cm³/mol. The molecule has 1 saturated heterocycles. The van der Waals surface area contributed by atoms with Crippen LogP contribution >= 0.6 is 0 Å². The van der Waals surface area contributed by atoms with E-state index in [1.807, 2.05) is 9.62 Å². The number of hydrogen-bond acceptors (Lipinski definition) is 10. The van der Waals surface area contributed by atoms with Gasteiger partial charge >= 0.3 is 0 Å². The van der Waals surface area contributed by atoms with Gasteiger partial charge in [-0.1, -0.05) is 6.07 Å². The number of aromatic nitrogens is 4. The normalized spacial score (nSPS) is 13.7. The summed E-state index contributed by atoms with van der Waals surface area (Å²) in [6.07, 6.45) is 1.45. The van der Waals surface area contributed by atoms with Crippen LogP contribution in [0.25, 0.3) is 33.5 Å². The monoisotopic (exact) mass is 641 g/mol. The summed E-state index contributed by atoms with van der Waals surface area (Å²) in [5, 5.41) is 0.357. The molecule has 3 aromatic carbocycles. The van der Waals surface area contributed by atoms with Crippen LogP contribution in [0.4, 0.5) is 35.0 Å². The first kappa shape index (κ1) is 30.0. The van der Waals surface area contributed by atoms with Crippen molar-refractivity contribution in [1.29, 1.82) is 0 Å². The van der Waals surface area contributed by atoms with Gasteiger partial charge in [-0.2, -0.15) is 0 Å². The lowest BCUT2D eigenvalue weighted by Gasteiger charge is -2.29. The maximum atomic E-state index is 16.0. The number of nitrogens with zero attached hydrogens (tertiary/aromatic N) is 5. The van der Waals surface area contributed by atoms with E-state index in [0.29, 0.717) is 43.2 Å². The smallest absolute Gasteiger partial charge is 0.267 e. The number of hydrogen-bond donors (Lipinski definition) is 2. The van der Waals surface area contributed by atoms with E-state index in [2.05, 4.69) is 15.0 Å². The van der Waals surface area contributed by atoms with Gasteiger partial charge in [-0.15, -0.1) is 0 Å². The van der Waals surface area contributed by atoms with Crippen molar-refractivity contribution >= 4 is 38.4 Å². The van der Waals surface area contributed by atoms with Crippen molar-refractivity contribution in [3.63, 3.8) is 0 Å². The highest BCUT2D eigenvalue weighted by molar-refractivity contribution is 7.92. The highest BCUT2D eigenvalue weighted by atomic mass is 32.2. The summed E-state index contributed by atoms with van der Waals surface area (Å²) >= 11 is 0. The Hall–Kier alpha value is -5.09. The van der Waals surface area contributed by atoms with E-state index in [1.165, 1.54) is 25.4 Å². The number of nitrogens with one attached hydrogen (secondary N) is 1. The van der Waals surface area contributed by atoms with Gasteiger partial charge in [0.1, 0.15) is 40.2 Å². The van der Waals surface area contributed by atoms with Gasteiger partial charge in [-0.25, -0.2) is 45.9 Å². The first-order valence-electron chi connectivity index (χ1n) is 13.3. The van der Waals surface area contributed by atoms with Crippen LogP contribution in [0.2, 0.25) is 0 Å². The quantitative estimate of drug-likeness (QED) is 0.243. The molecule has 1 aliphatic heterocycles. The number of halogens is 4. The van der Waals surface area contributed by atoms with E-state index in [0.717, 1.165) is 30.3 Å². The number of methoxy groups -OCH3 is 1. The summed E-state index contributed by atoms with van der Waals surface area (Å²) in [4.78, 5) is 18.0. The zero-order chi connectivity index (χ0) is 31.9. The van der Waals surface area contributed by atoms with Crippen LogP contribution in [0.1, 0.15) is 0 Å². The van der Waals surface area contributed by atoms with Crippen molar-refractivity contribution in [2.45, 2.75) is 4.90 Å². The second-order valence-corrected chi connectivity index (χ2v) is 11.4. The molecule has 5 aromatic rings. The number of ether oxygens (including phenoxy) is 2. The Morgan fingerprint density at radius 2 is 1.69 bits per heavy atom. The number of rotatable bonds is 7. The molecule has 1 aliphatic rings. The van der Waals surface area contributed by atoms with Crippen LogP contribution in [0.5, 0.6) is 5.75 Å². The molecule has 0 bridgehead atoms. The fraction of sp³-hybridized carbons (Fsp3) is 0.172. The topological polar surface area (TPSA) is 145 Å². The Morgan fingerprint density at radius 1 is 0.956 bits per heavy atom. The van der Waals surface area contributed by atoms with E-state index in [1.54, 1.807) is 6.07 Å². The molecule has 0 radical (unpaired) electrons. The van der Waals surface area contributed by atoms with Gasteiger partial charge < -0.3 is 20.1 Å². The maximum absolute atomic E-state index is 16.0. The molecule has 45 heavy (non-hydrogen) atoms. The fourth-order valence-electron chi connectivity index (χ4n) is 4.95. The Morgan fingerprint density at radius 3 is 2.38 bits per heavy atom. The maximum Gasteiger partial charge on any atom is 0.267 e. The predicted octanol–water partition coefficient (Wildman–Crippen LogP) is 4.54. The van der Waals surface area contributed by atoms with Crippen LogP contribution in [0, 0.1) is 23.3 Å². The first-order valence-corrected chi connectivity index (χ1v) is 14.8. The molecule has 0 spiro atoms. The highest BCUT2D eigenvalue weighted by Gasteiger charge is 2.28. The van der Waals surface area contributed by atoms with Crippen LogP contribution < -0.4 is 20.1 Å². The molecule has 0 unspecified atom stereocenters. The number of sulfonamides is 1. The molecule has 2 aromatic heterocycles. The van der Waals surface area contributed by atoms with Crippen molar-refractivity contribution in [2.75, 3.05) is 48.8 Å². The SMILES string of the molecule is COc1cc(-c2c(F)ccc(NS(=O)(=O)c3c(F)cccc3F)c2F)cc2c(N3CCOCC3)nc(-c3ccnc(N)n3)nc12. The minimum absolute atomic E-state index is 0.00521. The van der Waals surface area contributed by atoms with Gasteiger partial charge in [0.05, 0.1) is 31.6 Å². The molecule has 1 fully saturated rings. The molecule has 0 aliphatic carbocycles. The minimum atomic E-state index is -4.96. The largest absolute Gasteiger partial charge is 0.494 e. The Balaban J connectivity index is 1.53. The number of nitrogen functional groups attached to an aromatic ring is 1. The van der Waals surface area contributed by atoms with Gasteiger partial charge in [0.2, 0.25) is 5.95 Å². The van der Waals surface area contributed by atoms with Crippen LogP contribution in [-0.4, -0.2) is 61.8 Å². The lowest BCUT2D eigenvalue weighted by atomic mass is 10.0. The second kappa shape index (κ2) is 11.8. The highest BCUT2D eigenvalue weighted by Crippen LogP contribution is 2.40. The third-order valence-electron chi connectivity index (χ3n) is 6.99. The van der Waals surface area contributed by atoms with Crippen molar-refractivity contribution in [2.24, 2.45) is 0 Å². The molecule has 6 rings (SSSR count). The zero-order valence-electron chi connectivity index (χ0n) is 23.4. The van der Waals surface area contributed by atoms with Crippen LogP contribution in [0.3, 0.4) is 0 Å². The number of morpholine rings is 1. The van der Waals surface area contributed by atoms with Gasteiger partial charge in [0.25, 0.3) is 10.0 Å². The van der Waals surface area contributed by atoms with Crippen molar-refractivity contribution in [3.8, 4) is 28.4 Å². The average Bonchev–Trinajstić information content (AvgIpc) is 3.02. The minimum Gasteiger partial charge on any atom is -0.494 e. The first-order chi connectivity index (χ1) is 21.6. The lowest BCUT2D eigenvalue weighted by Crippen LogP contribution is -2.37. The van der Waals surface area contributed by atoms with Crippen LogP contribution in [-0.2, 0) is 14.8 Å². The van der Waals surface area contributed by atoms with Crippen molar-refractivity contribution in [1.82, 2.24) is 19.9 Å². The van der Waals surface area contributed by atoms with Gasteiger partial charge in [-0.05, 0) is 48.0 Å². The Labute approximate surface area is 253 Å². The number of benzene rings is 3. The third kappa shape index (κ3) is 5.64. The Bertz CT molecular complexity index is 2040. The lowest BCUT2D eigenvalue weighted by molar-refractivity contribution is 0.122. The van der Waals surface area contributed by atoms with E-state index < -0.39 is 49.4 Å². The molecule has 0 atom stereocenters. The van der Waals surface area contributed by atoms with E-state index in [-0.39, 0.29) is 28.6 Å². The zero-order valence-corrected chi connectivity index (χ0v) is 24.2. The summed E-state index contributed by atoms with van der Waals surface area (Å²) < 4.78 is 98.6. The summed E-state index contributed by atoms with van der Waals surface area (Å²) in [5.41, 5.74) is 4.97. The van der Waals surface area contributed by atoms with E-state index in [9.17, 15) is 17.2 Å². The molecule has 3 N–H and O–H groups in total. The second-order valence-electron chi connectivity index (χ2n) is 9.79. The molecule has 232 valence electrons. The summed E-state index contributed by atoms with van der Waals surface area (Å²) in [6, 6.07) is 8.44. The number of anilines is 3. The van der Waals surface area contributed by atoms with Crippen LogP contribution in [0.15, 0.2) is 59.6 Å². The molecule has 0 amide bonds. The molecule has 0 saturated carbocycles. The third-order valence-corrected chi connectivity index (χ3v) is 8.41. The fourth-order valence-corrected chi connectivity index (χ4v) is 6.14. The molecule has 16 heteroatoms. The van der Waals surface area contributed by atoms with Gasteiger partial charge in [0, 0.05) is 24.7 Å². The van der Waals surface area contributed by atoms with E-state index in [4.69, 9.17) is 20.2 Å². The van der Waals surface area contributed by atoms with Crippen molar-refractivity contribution < 1.29 is 35.5 Å². The molecular formula is C29H23F4N7O4S. The molecule has 3 heterocycles. The number of fused-ring (bicyclic) bond motifs is 1. The van der Waals surface area contributed by atoms with Crippen molar-refractivity contribution in [3.05, 3.63) is 78.0 Å². The summed E-state index contributed by atoms with van der Waals surface area (Å²) in [7, 11) is -3.61. The number of nitrogens with two attached hydrogens (primary N) is 1. The van der Waals surface area contributed by atoms with Gasteiger partial charge in [-0.3, -0.25) is 4.72 Å². The van der Waals surface area contributed by atoms with E-state index >= 15 is 8.78 Å². The average molecular weight is 642 g/mol. The standard InChI is InChI=1S/C29H23F4N7O4S/c1-43-22-14-15(23-17(30)5-6-20(24(23)33)39-45(41,42)26-18(31)3-2-4-19(26)32)13-16-25(22)37-27(21-7-8-35-29(34)36-21)38-28(16)40-9-11-44-12-10-40/h2-8,13-14,39H,9-12H2,1H3,(H2,34,35,36). The summed E-state index contributed by atoms with van der Waals surface area (Å²) in [6.45, 7) is 1.67.